The molecule has 0 aromatic heterocycles. The summed E-state index contributed by atoms with van der Waals surface area (Å²) in [7, 11) is 0. The van der Waals surface area contributed by atoms with Gasteiger partial charge in [-0.25, -0.2) is 0 Å². The minimum absolute atomic E-state index is 0.0215. The Morgan fingerprint density at radius 3 is 1.58 bits per heavy atom. The Balaban J connectivity index is 4.78. The molecule has 0 spiro atoms. The number of hydrogen-bond donors (Lipinski definition) is 3. The monoisotopic (exact) mass is 818 g/mol. The highest BCUT2D eigenvalue weighted by atomic mass is 16.5. The van der Waals surface area contributed by atoms with Crippen LogP contribution in [0.4, 0.5) is 0 Å². The Morgan fingerprint density at radius 1 is 0.525 bits per heavy atom. The second-order valence-electron chi connectivity index (χ2n) is 15.5. The van der Waals surface area contributed by atoms with E-state index in [0.717, 1.165) is 89.9 Å². The maximum atomic E-state index is 13.1. The van der Waals surface area contributed by atoms with Crippen molar-refractivity contribution >= 4 is 11.9 Å². The number of esters is 1. The van der Waals surface area contributed by atoms with E-state index in [1.54, 1.807) is 0 Å². The van der Waals surface area contributed by atoms with E-state index in [1.807, 2.05) is 30.4 Å². The molecule has 3 atom stereocenters. The van der Waals surface area contributed by atoms with Gasteiger partial charge in [-0.1, -0.05) is 201 Å². The van der Waals surface area contributed by atoms with E-state index in [2.05, 4.69) is 105 Å². The molecule has 0 aliphatic carbocycles. The molecule has 0 rings (SSSR count). The van der Waals surface area contributed by atoms with Gasteiger partial charge in [0.25, 0.3) is 0 Å². The molecule has 0 heterocycles. The van der Waals surface area contributed by atoms with Crippen LogP contribution in [0.15, 0.2) is 109 Å². The van der Waals surface area contributed by atoms with Gasteiger partial charge < -0.3 is 20.3 Å². The Hall–Kier alpha value is -3.48. The third kappa shape index (κ3) is 41.1. The van der Waals surface area contributed by atoms with Gasteiger partial charge in [0.15, 0.2) is 0 Å². The highest BCUT2D eigenvalue weighted by molar-refractivity contribution is 5.77. The average Bonchev–Trinajstić information content (AvgIpc) is 3.23. The molecular formula is C53H87NO5. The van der Waals surface area contributed by atoms with Crippen molar-refractivity contribution in [2.45, 2.75) is 206 Å². The maximum Gasteiger partial charge on any atom is 0.306 e. The Bertz CT molecular complexity index is 1240. The highest BCUT2D eigenvalue weighted by Crippen LogP contribution is 2.16. The van der Waals surface area contributed by atoms with Crippen molar-refractivity contribution in [1.82, 2.24) is 5.32 Å². The van der Waals surface area contributed by atoms with Gasteiger partial charge >= 0.3 is 5.97 Å². The zero-order chi connectivity index (χ0) is 43.1. The number of allylic oxidation sites excluding steroid dienone is 18. The molecule has 0 aliphatic heterocycles. The topological polar surface area (TPSA) is 95.9 Å². The molecule has 0 fully saturated rings. The highest BCUT2D eigenvalue weighted by Gasteiger charge is 2.24. The van der Waals surface area contributed by atoms with Crippen LogP contribution in [0.1, 0.15) is 188 Å². The number of amides is 1. The minimum atomic E-state index is -0.813. The second kappa shape index (κ2) is 45.6. The van der Waals surface area contributed by atoms with Gasteiger partial charge in [0, 0.05) is 6.42 Å². The van der Waals surface area contributed by atoms with E-state index in [1.165, 1.54) is 44.9 Å². The molecule has 6 nitrogen and oxygen atoms in total. The number of nitrogens with one attached hydrogen (secondary N) is 1. The molecule has 334 valence electrons. The summed E-state index contributed by atoms with van der Waals surface area (Å²) in [6.07, 6.45) is 61.5. The smallest absolute Gasteiger partial charge is 0.306 e. The van der Waals surface area contributed by atoms with Crippen LogP contribution in [0.25, 0.3) is 0 Å². The Labute approximate surface area is 362 Å². The standard InChI is InChI=1S/C53H87NO5/c1-4-7-10-13-16-19-22-24-25-26-27-29-31-34-37-40-43-46-53(58)59-49(44-41-38-35-32-30-28-23-20-17-14-11-8-5-2)47-52(57)54-50(48-55)51(56)45-42-39-36-33-21-18-15-12-9-6-3/h7-8,10-11,14,16-17,19-20,23-25,27-30,34,37,49-51,55-56H,4-6,9,12-13,15,18,21-22,26,31-33,35-36,38-48H2,1-3H3,(H,54,57)/b10-7-,11-8+,17-14+,19-16-,23-20+,25-24-,29-27-,30-28-,37-34-. The van der Waals surface area contributed by atoms with Gasteiger partial charge in [-0.2, -0.15) is 0 Å². The molecule has 0 radical (unpaired) electrons. The first kappa shape index (κ1) is 55.5. The van der Waals surface area contributed by atoms with Crippen molar-refractivity contribution in [3.8, 4) is 0 Å². The van der Waals surface area contributed by atoms with Crippen LogP contribution in [0.2, 0.25) is 0 Å². The molecule has 59 heavy (non-hydrogen) atoms. The number of aliphatic hydroxyl groups excluding tert-OH is 2. The fourth-order valence-corrected chi connectivity index (χ4v) is 6.42. The van der Waals surface area contributed by atoms with E-state index in [4.69, 9.17) is 4.74 Å². The quantitative estimate of drug-likeness (QED) is 0.0248. The van der Waals surface area contributed by atoms with Crippen LogP contribution >= 0.6 is 0 Å². The van der Waals surface area contributed by atoms with Gasteiger partial charge in [-0.15, -0.1) is 0 Å². The van der Waals surface area contributed by atoms with Crippen molar-refractivity contribution in [2.24, 2.45) is 0 Å². The molecule has 0 aliphatic rings. The number of rotatable bonds is 40. The predicted octanol–water partition coefficient (Wildman–Crippen LogP) is 13.9. The molecule has 3 unspecified atom stereocenters. The van der Waals surface area contributed by atoms with Gasteiger partial charge in [0.05, 0.1) is 25.2 Å². The lowest BCUT2D eigenvalue weighted by atomic mass is 10.0. The zero-order valence-corrected chi connectivity index (χ0v) is 37.8. The number of hydrogen-bond acceptors (Lipinski definition) is 5. The first-order chi connectivity index (χ1) is 29.0. The number of aliphatic hydroxyl groups is 2. The van der Waals surface area contributed by atoms with Crippen molar-refractivity contribution in [1.29, 1.82) is 0 Å². The van der Waals surface area contributed by atoms with E-state index in [9.17, 15) is 19.8 Å². The first-order valence-electron chi connectivity index (χ1n) is 23.7. The van der Waals surface area contributed by atoms with E-state index in [-0.39, 0.29) is 24.9 Å². The molecule has 0 saturated carbocycles. The molecule has 3 N–H and O–H groups in total. The van der Waals surface area contributed by atoms with Crippen molar-refractivity contribution in [3.63, 3.8) is 0 Å². The van der Waals surface area contributed by atoms with Gasteiger partial charge in [0.2, 0.25) is 5.91 Å². The normalized spacial score (nSPS) is 14.3. The van der Waals surface area contributed by atoms with Crippen LogP contribution in [-0.4, -0.2) is 46.9 Å². The summed E-state index contributed by atoms with van der Waals surface area (Å²) in [6, 6.07) is -0.731. The fraction of sp³-hybridized carbons (Fsp3) is 0.623. The third-order valence-corrected chi connectivity index (χ3v) is 9.94. The van der Waals surface area contributed by atoms with Crippen LogP contribution < -0.4 is 5.32 Å². The van der Waals surface area contributed by atoms with Crippen LogP contribution in [0.3, 0.4) is 0 Å². The number of carbonyl (C=O) groups excluding carboxylic acids is 2. The minimum Gasteiger partial charge on any atom is -0.462 e. The summed E-state index contributed by atoms with van der Waals surface area (Å²) >= 11 is 0. The molecule has 0 aromatic carbocycles. The molecule has 1 amide bonds. The SMILES string of the molecule is CC/C=C\C/C=C\C/C=C\C/C=C\C/C=C\CCCC(=O)OC(CCCCC\C=C/C=C/C=C/C=C/CC)CC(=O)NC(CO)C(O)CCCCCCCCCCCC. The van der Waals surface area contributed by atoms with Gasteiger partial charge in [0.1, 0.15) is 6.10 Å². The number of ether oxygens (including phenoxy) is 1. The summed E-state index contributed by atoms with van der Waals surface area (Å²) in [6.45, 7) is 6.17. The summed E-state index contributed by atoms with van der Waals surface area (Å²) < 4.78 is 5.86. The fourth-order valence-electron chi connectivity index (χ4n) is 6.42. The summed E-state index contributed by atoms with van der Waals surface area (Å²) in [5.41, 5.74) is 0. The summed E-state index contributed by atoms with van der Waals surface area (Å²) in [5, 5.41) is 23.6. The maximum absolute atomic E-state index is 13.1. The van der Waals surface area contributed by atoms with Crippen LogP contribution in [-0.2, 0) is 14.3 Å². The first-order valence-corrected chi connectivity index (χ1v) is 23.7. The Morgan fingerprint density at radius 2 is 1.00 bits per heavy atom. The largest absolute Gasteiger partial charge is 0.462 e. The third-order valence-electron chi connectivity index (χ3n) is 9.94. The number of unbranched alkanes of at least 4 members (excludes halogenated alkanes) is 13. The zero-order valence-electron chi connectivity index (χ0n) is 37.8. The van der Waals surface area contributed by atoms with E-state index in [0.29, 0.717) is 25.7 Å². The summed E-state index contributed by atoms with van der Waals surface area (Å²) in [4.78, 5) is 26.0. The Kier molecular flexibility index (Phi) is 42.9. The van der Waals surface area contributed by atoms with Gasteiger partial charge in [-0.3, -0.25) is 9.59 Å². The van der Waals surface area contributed by atoms with Crippen molar-refractivity contribution in [2.75, 3.05) is 6.61 Å². The lowest BCUT2D eigenvalue weighted by Gasteiger charge is -2.24. The molecular weight excluding hydrogens is 731 g/mol. The van der Waals surface area contributed by atoms with Crippen LogP contribution in [0.5, 0.6) is 0 Å². The molecule has 0 aromatic rings. The summed E-state index contributed by atoms with van der Waals surface area (Å²) in [5.74, 6) is -0.597. The van der Waals surface area contributed by atoms with Crippen molar-refractivity contribution in [3.05, 3.63) is 109 Å². The average molecular weight is 818 g/mol. The molecule has 0 saturated heterocycles. The van der Waals surface area contributed by atoms with E-state index < -0.39 is 18.2 Å². The number of carbonyl (C=O) groups is 2. The van der Waals surface area contributed by atoms with Gasteiger partial charge in [-0.05, 0) is 83.5 Å². The van der Waals surface area contributed by atoms with Crippen LogP contribution in [0, 0.1) is 0 Å². The predicted molar refractivity (Wildman–Crippen MR) is 254 cm³/mol. The lowest BCUT2D eigenvalue weighted by molar-refractivity contribution is -0.151. The molecule has 6 heteroatoms. The lowest BCUT2D eigenvalue weighted by Crippen LogP contribution is -2.46. The molecule has 0 bridgehead atoms. The van der Waals surface area contributed by atoms with E-state index >= 15 is 0 Å². The second-order valence-corrected chi connectivity index (χ2v) is 15.5. The van der Waals surface area contributed by atoms with Crippen molar-refractivity contribution < 1.29 is 24.5 Å².